The number of piperidine rings is 1. The Hall–Kier alpha value is -1.22. The van der Waals surface area contributed by atoms with Gasteiger partial charge in [0.25, 0.3) is 0 Å². The molecule has 3 nitrogen and oxygen atoms in total. The Morgan fingerprint density at radius 2 is 2.05 bits per heavy atom. The van der Waals surface area contributed by atoms with Crippen molar-refractivity contribution in [1.82, 2.24) is 4.90 Å². The van der Waals surface area contributed by atoms with Crippen LogP contribution in [0.15, 0.2) is 18.2 Å². The van der Waals surface area contributed by atoms with E-state index >= 15 is 0 Å². The number of carbonyl (C=O) groups excluding carboxylic acids is 1. The van der Waals surface area contributed by atoms with E-state index in [0.717, 1.165) is 49.7 Å². The second kappa shape index (κ2) is 7.87. The first-order valence-electron chi connectivity index (χ1n) is 8.12. The van der Waals surface area contributed by atoms with Crippen LogP contribution >= 0.6 is 11.6 Å². The molecule has 1 aliphatic heterocycles. The highest BCUT2D eigenvalue weighted by Crippen LogP contribution is 2.27. The van der Waals surface area contributed by atoms with Gasteiger partial charge in [-0.05, 0) is 54.9 Å². The number of carbonyl (C=O) groups is 1. The van der Waals surface area contributed by atoms with E-state index in [4.69, 9.17) is 16.3 Å². The normalized spacial score (nSPS) is 16.1. The summed E-state index contributed by atoms with van der Waals surface area (Å²) in [5, 5.41) is 0.762. The molecule has 0 bridgehead atoms. The third-order valence-corrected chi connectivity index (χ3v) is 4.42. The summed E-state index contributed by atoms with van der Waals surface area (Å²) in [7, 11) is 0. The van der Waals surface area contributed by atoms with Crippen molar-refractivity contribution in [3.05, 3.63) is 28.8 Å². The second-order valence-corrected chi connectivity index (χ2v) is 7.05. The Labute approximate surface area is 138 Å². The van der Waals surface area contributed by atoms with Gasteiger partial charge in [0, 0.05) is 25.0 Å². The van der Waals surface area contributed by atoms with Crippen molar-refractivity contribution in [3.8, 4) is 5.75 Å². The van der Waals surface area contributed by atoms with Crippen molar-refractivity contribution in [2.75, 3.05) is 19.7 Å². The molecule has 0 spiro atoms. The first-order chi connectivity index (χ1) is 10.5. The third-order valence-electron chi connectivity index (χ3n) is 4.19. The van der Waals surface area contributed by atoms with E-state index in [1.54, 1.807) is 6.92 Å². The molecule has 0 unspecified atom stereocenters. The molecule has 1 aliphatic rings. The standard InChI is InChI=1S/C18H26ClNO2/c1-13(2)10-16-11-17(19)4-5-18(16)22-12-15-6-8-20(9-7-15)14(3)21/h4-5,11,13,15H,6-10,12H2,1-3H3. The molecule has 2 rings (SSSR count). The molecular weight excluding hydrogens is 298 g/mol. The summed E-state index contributed by atoms with van der Waals surface area (Å²) in [6.07, 6.45) is 3.01. The molecule has 22 heavy (non-hydrogen) atoms. The number of ether oxygens (including phenoxy) is 1. The molecule has 1 amide bonds. The van der Waals surface area contributed by atoms with Gasteiger partial charge in [0.15, 0.2) is 0 Å². The van der Waals surface area contributed by atoms with E-state index in [1.165, 1.54) is 5.56 Å². The molecule has 4 heteroatoms. The number of hydrogen-bond donors (Lipinski definition) is 0. The Morgan fingerprint density at radius 3 is 2.64 bits per heavy atom. The van der Waals surface area contributed by atoms with Gasteiger partial charge in [-0.3, -0.25) is 4.79 Å². The highest BCUT2D eigenvalue weighted by molar-refractivity contribution is 6.30. The highest BCUT2D eigenvalue weighted by Gasteiger charge is 2.21. The number of benzene rings is 1. The van der Waals surface area contributed by atoms with Crippen LogP contribution in [0.5, 0.6) is 5.75 Å². The van der Waals surface area contributed by atoms with Gasteiger partial charge in [-0.2, -0.15) is 0 Å². The molecule has 122 valence electrons. The van der Waals surface area contributed by atoms with Gasteiger partial charge >= 0.3 is 0 Å². The van der Waals surface area contributed by atoms with E-state index in [1.807, 2.05) is 23.1 Å². The van der Waals surface area contributed by atoms with Gasteiger partial charge in [-0.15, -0.1) is 0 Å². The van der Waals surface area contributed by atoms with Crippen molar-refractivity contribution >= 4 is 17.5 Å². The van der Waals surface area contributed by atoms with Gasteiger partial charge in [0.1, 0.15) is 5.75 Å². The molecule has 1 aromatic rings. The van der Waals surface area contributed by atoms with Gasteiger partial charge in [-0.1, -0.05) is 25.4 Å². The molecule has 0 saturated carbocycles. The van der Waals surface area contributed by atoms with Crippen LogP contribution in [0.3, 0.4) is 0 Å². The molecule has 1 saturated heterocycles. The first kappa shape index (κ1) is 17.1. The van der Waals surface area contributed by atoms with Crippen molar-refractivity contribution in [2.24, 2.45) is 11.8 Å². The van der Waals surface area contributed by atoms with Crippen molar-refractivity contribution < 1.29 is 9.53 Å². The van der Waals surface area contributed by atoms with Crippen LogP contribution in [0.1, 0.15) is 39.2 Å². The van der Waals surface area contributed by atoms with Crippen LogP contribution < -0.4 is 4.74 Å². The highest BCUT2D eigenvalue weighted by atomic mass is 35.5. The lowest BCUT2D eigenvalue weighted by atomic mass is 9.97. The average molecular weight is 324 g/mol. The van der Waals surface area contributed by atoms with Crippen LogP contribution in [0, 0.1) is 11.8 Å². The quantitative estimate of drug-likeness (QED) is 0.813. The summed E-state index contributed by atoms with van der Waals surface area (Å²) >= 11 is 6.10. The van der Waals surface area contributed by atoms with Crippen molar-refractivity contribution in [3.63, 3.8) is 0 Å². The summed E-state index contributed by atoms with van der Waals surface area (Å²) in [5.74, 6) is 2.22. The number of hydrogen-bond acceptors (Lipinski definition) is 2. The number of rotatable bonds is 5. The molecule has 0 aliphatic carbocycles. The maximum absolute atomic E-state index is 11.3. The van der Waals surface area contributed by atoms with Gasteiger partial charge in [0.2, 0.25) is 5.91 Å². The van der Waals surface area contributed by atoms with Gasteiger partial charge in [-0.25, -0.2) is 0 Å². The number of likely N-dealkylation sites (tertiary alicyclic amines) is 1. The van der Waals surface area contributed by atoms with E-state index in [9.17, 15) is 4.79 Å². The molecule has 0 aromatic heterocycles. The zero-order chi connectivity index (χ0) is 16.1. The molecule has 1 heterocycles. The number of nitrogens with zero attached hydrogens (tertiary/aromatic N) is 1. The third kappa shape index (κ3) is 4.91. The van der Waals surface area contributed by atoms with Gasteiger partial charge < -0.3 is 9.64 Å². The topological polar surface area (TPSA) is 29.5 Å². The van der Waals surface area contributed by atoms with Crippen molar-refractivity contribution in [1.29, 1.82) is 0 Å². The lowest BCUT2D eigenvalue weighted by Gasteiger charge is -2.31. The predicted octanol–water partition coefficient (Wildman–Crippen LogP) is 4.18. The maximum atomic E-state index is 11.3. The first-order valence-corrected chi connectivity index (χ1v) is 8.50. The number of halogens is 1. The van der Waals surface area contributed by atoms with Crippen molar-refractivity contribution in [2.45, 2.75) is 40.0 Å². The lowest BCUT2D eigenvalue weighted by Crippen LogP contribution is -2.38. The van der Waals surface area contributed by atoms with E-state index < -0.39 is 0 Å². The summed E-state index contributed by atoms with van der Waals surface area (Å²) in [6.45, 7) is 8.46. The minimum Gasteiger partial charge on any atom is -0.493 e. The van der Waals surface area contributed by atoms with Gasteiger partial charge in [0.05, 0.1) is 6.61 Å². The fourth-order valence-electron chi connectivity index (χ4n) is 2.91. The minimum atomic E-state index is 0.177. The Bertz CT molecular complexity index is 508. The summed E-state index contributed by atoms with van der Waals surface area (Å²) < 4.78 is 6.07. The zero-order valence-electron chi connectivity index (χ0n) is 13.8. The fourth-order valence-corrected chi connectivity index (χ4v) is 3.11. The van der Waals surface area contributed by atoms with E-state index in [-0.39, 0.29) is 5.91 Å². The summed E-state index contributed by atoms with van der Waals surface area (Å²) in [6, 6.07) is 5.87. The zero-order valence-corrected chi connectivity index (χ0v) is 14.5. The van der Waals surface area contributed by atoms with Crippen LogP contribution in [0.2, 0.25) is 5.02 Å². The summed E-state index contributed by atoms with van der Waals surface area (Å²) in [4.78, 5) is 13.3. The molecule has 0 atom stereocenters. The minimum absolute atomic E-state index is 0.177. The number of amides is 1. The SMILES string of the molecule is CC(=O)N1CCC(COc2ccc(Cl)cc2CC(C)C)CC1. The van der Waals surface area contributed by atoms with Crippen LogP contribution in [-0.4, -0.2) is 30.5 Å². The van der Waals surface area contributed by atoms with E-state index in [2.05, 4.69) is 13.8 Å². The Morgan fingerprint density at radius 1 is 1.36 bits per heavy atom. The fraction of sp³-hybridized carbons (Fsp3) is 0.611. The molecule has 1 fully saturated rings. The van der Waals surface area contributed by atoms with Crippen LogP contribution in [-0.2, 0) is 11.2 Å². The maximum Gasteiger partial charge on any atom is 0.219 e. The predicted molar refractivity (Wildman–Crippen MR) is 90.5 cm³/mol. The monoisotopic (exact) mass is 323 g/mol. The second-order valence-electron chi connectivity index (χ2n) is 6.61. The smallest absolute Gasteiger partial charge is 0.219 e. The molecule has 0 N–H and O–H groups in total. The van der Waals surface area contributed by atoms with E-state index in [0.29, 0.717) is 11.8 Å². The molecular formula is C18H26ClNO2. The average Bonchev–Trinajstić information content (AvgIpc) is 2.46. The van der Waals surface area contributed by atoms with Crippen LogP contribution in [0.25, 0.3) is 0 Å². The largest absolute Gasteiger partial charge is 0.493 e. The Kier molecular flexibility index (Phi) is 6.13. The lowest BCUT2D eigenvalue weighted by molar-refractivity contribution is -0.130. The molecule has 0 radical (unpaired) electrons. The Balaban J connectivity index is 1.90. The molecule has 1 aromatic carbocycles. The van der Waals surface area contributed by atoms with Crippen LogP contribution in [0.4, 0.5) is 0 Å². The summed E-state index contributed by atoms with van der Waals surface area (Å²) in [5.41, 5.74) is 1.18.